The second-order valence-corrected chi connectivity index (χ2v) is 18.2. The highest BCUT2D eigenvalue weighted by atomic mass is 16.5. The molecular formula is C51H64N8O8. The first-order valence-corrected chi connectivity index (χ1v) is 22.7. The lowest BCUT2D eigenvalue weighted by atomic mass is 9.86. The van der Waals surface area contributed by atoms with E-state index in [2.05, 4.69) is 26.1 Å². The van der Waals surface area contributed by atoms with Crippen molar-refractivity contribution in [2.24, 2.45) is 29.0 Å². The van der Waals surface area contributed by atoms with Crippen molar-refractivity contribution in [2.45, 2.75) is 97.6 Å². The Labute approximate surface area is 392 Å². The molecule has 0 saturated heterocycles. The highest BCUT2D eigenvalue weighted by Crippen LogP contribution is 2.45. The number of ether oxygens (including phenoxy) is 2. The molecule has 2 heterocycles. The van der Waals surface area contributed by atoms with Crippen molar-refractivity contribution in [3.8, 4) is 45.8 Å². The molecule has 67 heavy (non-hydrogen) atoms. The molecule has 4 aromatic rings. The summed E-state index contributed by atoms with van der Waals surface area (Å²) in [5.74, 6) is -3.82. The second-order valence-electron chi connectivity index (χ2n) is 18.2. The number of amides is 2. The van der Waals surface area contributed by atoms with E-state index in [-0.39, 0.29) is 128 Å². The third-order valence-electron chi connectivity index (χ3n) is 12.0. The summed E-state index contributed by atoms with van der Waals surface area (Å²) < 4.78 is 12.3. The fourth-order valence-corrected chi connectivity index (χ4v) is 8.40. The molecule has 4 bridgehead atoms. The molecule has 4 atom stereocenters. The average Bonchev–Trinajstić information content (AvgIpc) is 3.28. The van der Waals surface area contributed by atoms with Gasteiger partial charge in [-0.05, 0) is 79.6 Å². The van der Waals surface area contributed by atoms with Crippen molar-refractivity contribution in [1.82, 2.24) is 20.2 Å². The van der Waals surface area contributed by atoms with E-state index < -0.39 is 41.5 Å². The molecule has 0 aliphatic carbocycles. The second kappa shape index (κ2) is 22.8. The van der Waals surface area contributed by atoms with Gasteiger partial charge in [0.25, 0.3) is 0 Å². The summed E-state index contributed by atoms with van der Waals surface area (Å²) in [7, 11) is 1.45. The molecule has 1 aliphatic rings. The number of aromatic hydroxyl groups is 1. The SMILES string of the molecule is Cc1nc(-c2ccc(C(C)(C)C)cc2)nc(C)c1C(=O)C[C@@H](CCN)C(=O)N(C)[C@@H]1C(=O)C[C@@H](C)C(=O)N[C@H](C(=O)CCC#N)Cc2ccc(O)c(c2)-c2cc1cc(OCCN)c2OCCN. The number of likely N-dealkylation sites (N-methyl/N-ethyl adjacent to an activating group) is 1. The van der Waals surface area contributed by atoms with Crippen molar-refractivity contribution in [3.63, 3.8) is 0 Å². The highest BCUT2D eigenvalue weighted by Gasteiger charge is 2.37. The van der Waals surface area contributed by atoms with Crippen LogP contribution in [0.4, 0.5) is 0 Å². The van der Waals surface area contributed by atoms with Gasteiger partial charge in [-0.15, -0.1) is 0 Å². The largest absolute Gasteiger partial charge is 0.507 e. The molecule has 8 N–H and O–H groups in total. The summed E-state index contributed by atoms with van der Waals surface area (Å²) in [6.45, 7) is 11.7. The Morgan fingerprint density at radius 2 is 1.58 bits per heavy atom. The molecule has 356 valence electrons. The van der Waals surface area contributed by atoms with E-state index in [1.165, 1.54) is 18.0 Å². The maximum absolute atomic E-state index is 14.9. The van der Waals surface area contributed by atoms with Gasteiger partial charge in [-0.1, -0.05) is 58.0 Å². The van der Waals surface area contributed by atoms with Crippen LogP contribution in [0.15, 0.2) is 54.6 Å². The van der Waals surface area contributed by atoms with Crippen molar-refractivity contribution in [3.05, 3.63) is 88.2 Å². The minimum absolute atomic E-state index is 0.0149. The highest BCUT2D eigenvalue weighted by molar-refractivity contribution is 6.01. The summed E-state index contributed by atoms with van der Waals surface area (Å²) in [6.07, 6.45) is -0.715. The molecule has 2 amide bonds. The fraction of sp³-hybridized carbons (Fsp3) is 0.451. The molecular weight excluding hydrogens is 853 g/mol. The third kappa shape index (κ3) is 12.5. The Balaban J connectivity index is 1.61. The van der Waals surface area contributed by atoms with Gasteiger partial charge in [0.05, 0.1) is 29.1 Å². The number of carbonyl (C=O) groups excluding carboxylic acids is 5. The smallest absolute Gasteiger partial charge is 0.226 e. The van der Waals surface area contributed by atoms with Gasteiger partial charge in [0.15, 0.2) is 34.7 Å². The minimum Gasteiger partial charge on any atom is -0.507 e. The molecule has 16 nitrogen and oxygen atoms in total. The molecule has 0 radical (unpaired) electrons. The lowest BCUT2D eigenvalue weighted by Gasteiger charge is -2.32. The number of nitrogens with one attached hydrogen (secondary N) is 1. The Bertz CT molecular complexity index is 2490. The van der Waals surface area contributed by atoms with Gasteiger partial charge in [-0.25, -0.2) is 9.97 Å². The Hall–Kier alpha value is -6.54. The summed E-state index contributed by atoms with van der Waals surface area (Å²) in [5.41, 5.74) is 22.3. The van der Waals surface area contributed by atoms with Crippen molar-refractivity contribution in [1.29, 1.82) is 5.26 Å². The normalized spacial score (nSPS) is 16.8. The number of phenolic OH excluding ortho intramolecular Hbond substituents is 1. The number of nitrogens with two attached hydrogens (primary N) is 3. The van der Waals surface area contributed by atoms with E-state index in [1.807, 2.05) is 30.3 Å². The molecule has 1 aromatic heterocycles. The number of aromatic nitrogens is 2. The number of hydrogen-bond acceptors (Lipinski definition) is 14. The van der Waals surface area contributed by atoms with Gasteiger partial charge in [0.2, 0.25) is 11.8 Å². The third-order valence-corrected chi connectivity index (χ3v) is 12.0. The van der Waals surface area contributed by atoms with E-state index in [1.54, 1.807) is 45.0 Å². The zero-order chi connectivity index (χ0) is 49.2. The lowest BCUT2D eigenvalue weighted by Crippen LogP contribution is -2.46. The van der Waals surface area contributed by atoms with Crippen LogP contribution in [0.25, 0.3) is 22.5 Å². The Kier molecular flexibility index (Phi) is 17.5. The number of aryl methyl sites for hydroxylation is 2. The van der Waals surface area contributed by atoms with Crippen LogP contribution in [0, 0.1) is 37.0 Å². The van der Waals surface area contributed by atoms with Gasteiger partial charge in [-0.3, -0.25) is 24.0 Å². The Morgan fingerprint density at radius 3 is 2.19 bits per heavy atom. The molecule has 5 rings (SSSR count). The maximum atomic E-state index is 14.9. The van der Waals surface area contributed by atoms with Gasteiger partial charge in [0, 0.05) is 74.3 Å². The van der Waals surface area contributed by atoms with Crippen molar-refractivity contribution in [2.75, 3.05) is 39.9 Å². The number of fused-ring (bicyclic) bond motifs is 5. The van der Waals surface area contributed by atoms with Crippen LogP contribution in [0.3, 0.4) is 0 Å². The fourth-order valence-electron chi connectivity index (χ4n) is 8.40. The minimum atomic E-state index is -1.38. The first-order valence-electron chi connectivity index (χ1n) is 22.7. The average molecular weight is 917 g/mol. The van der Waals surface area contributed by atoms with Crippen LogP contribution in [0.5, 0.6) is 17.2 Å². The molecule has 3 aromatic carbocycles. The van der Waals surface area contributed by atoms with Crippen LogP contribution in [0.2, 0.25) is 0 Å². The summed E-state index contributed by atoms with van der Waals surface area (Å²) in [4.78, 5) is 82.0. The topological polar surface area (TPSA) is 267 Å². The van der Waals surface area contributed by atoms with Gasteiger partial charge in [-0.2, -0.15) is 5.26 Å². The quantitative estimate of drug-likeness (QED) is 0.0836. The van der Waals surface area contributed by atoms with E-state index in [4.69, 9.17) is 36.6 Å². The zero-order valence-electron chi connectivity index (χ0n) is 39.6. The lowest BCUT2D eigenvalue weighted by molar-refractivity contribution is -0.142. The first-order chi connectivity index (χ1) is 31.8. The zero-order valence-corrected chi connectivity index (χ0v) is 39.6. The predicted molar refractivity (Wildman–Crippen MR) is 254 cm³/mol. The summed E-state index contributed by atoms with van der Waals surface area (Å²) >= 11 is 0. The number of nitrogens with zero attached hydrogens (tertiary/aromatic N) is 4. The number of ketones is 3. The number of nitriles is 1. The van der Waals surface area contributed by atoms with Crippen LogP contribution >= 0.6 is 0 Å². The molecule has 0 saturated carbocycles. The van der Waals surface area contributed by atoms with E-state index in [9.17, 15) is 34.3 Å². The van der Waals surface area contributed by atoms with Gasteiger partial charge >= 0.3 is 0 Å². The van der Waals surface area contributed by atoms with Crippen LogP contribution in [0.1, 0.15) is 104 Å². The van der Waals surface area contributed by atoms with Crippen molar-refractivity contribution < 1.29 is 38.6 Å². The molecule has 0 spiro atoms. The van der Waals surface area contributed by atoms with Crippen LogP contribution in [-0.2, 0) is 31.0 Å². The van der Waals surface area contributed by atoms with E-state index >= 15 is 0 Å². The molecule has 0 unspecified atom stereocenters. The first kappa shape index (κ1) is 51.4. The van der Waals surface area contributed by atoms with Gasteiger partial charge < -0.3 is 42.0 Å². The number of Topliss-reactive ketones (excluding diaryl/α,β-unsaturated/α-hetero) is 3. The number of rotatable bonds is 17. The Morgan fingerprint density at radius 1 is 0.925 bits per heavy atom. The standard InChI is InChI=1S/C51H64N8O8/c1-29-23-43(63)46(59(7)50(65)34(16-18-53)27-42(62)45-30(2)56-48(57-31(45)3)33-11-13-36(14-12-33)51(4,5)6)35-26-38(47(67-22-20-55)44(28-35)66-21-19-54)37-24-32(10-15-40(37)60)25-39(58-49(29)64)41(61)9-8-17-52/h10-15,24,26,28-29,34,39,46,60H,8-9,16,18-23,25,27,53-55H2,1-7H3,(H,58,64)/t29-,34-,39+,46+/m1/s1. The van der Waals surface area contributed by atoms with Crippen LogP contribution in [-0.4, -0.2) is 95.1 Å². The van der Waals surface area contributed by atoms with E-state index in [0.29, 0.717) is 22.8 Å². The number of hydrogen-bond donors (Lipinski definition) is 5. The van der Waals surface area contributed by atoms with Crippen molar-refractivity contribution >= 4 is 29.2 Å². The summed E-state index contributed by atoms with van der Waals surface area (Å²) in [5, 5.41) is 23.5. The monoisotopic (exact) mass is 916 g/mol. The number of benzene rings is 3. The van der Waals surface area contributed by atoms with Gasteiger partial charge in [0.1, 0.15) is 25.0 Å². The molecule has 16 heteroatoms. The molecule has 1 aliphatic heterocycles. The van der Waals surface area contributed by atoms with E-state index in [0.717, 1.165) is 11.1 Å². The number of carbonyl (C=O) groups is 5. The van der Waals surface area contributed by atoms with Crippen LogP contribution < -0.4 is 32.0 Å². The predicted octanol–water partition coefficient (Wildman–Crippen LogP) is 5.35. The maximum Gasteiger partial charge on any atom is 0.226 e. The number of phenols is 1. The summed E-state index contributed by atoms with van der Waals surface area (Å²) in [6, 6.07) is 15.4. The molecule has 0 fully saturated rings.